The minimum Gasteiger partial charge on any atom is -0.351 e. The van der Waals surface area contributed by atoms with Crippen LogP contribution in [0.3, 0.4) is 0 Å². The van der Waals surface area contributed by atoms with Gasteiger partial charge in [0, 0.05) is 37.8 Å². The van der Waals surface area contributed by atoms with E-state index >= 15 is 0 Å². The summed E-state index contributed by atoms with van der Waals surface area (Å²) in [5.74, 6) is -0.332. The van der Waals surface area contributed by atoms with E-state index in [2.05, 4.69) is 10.3 Å². The minimum absolute atomic E-state index is 0.00803. The van der Waals surface area contributed by atoms with Crippen molar-refractivity contribution >= 4 is 34.6 Å². The number of urea groups is 1. The molecule has 0 aliphatic carbocycles. The Kier molecular flexibility index (Phi) is 6.24. The van der Waals surface area contributed by atoms with E-state index in [4.69, 9.17) is 0 Å². The molecule has 174 valence electrons. The minimum atomic E-state index is -0.291. The van der Waals surface area contributed by atoms with Gasteiger partial charge in [0.2, 0.25) is 5.91 Å². The van der Waals surface area contributed by atoms with Gasteiger partial charge in [-0.05, 0) is 47.4 Å². The van der Waals surface area contributed by atoms with Crippen LogP contribution in [0, 0.1) is 11.7 Å². The Bertz CT molecular complexity index is 1260. The Morgan fingerprint density at radius 1 is 1.15 bits per heavy atom. The fourth-order valence-corrected chi connectivity index (χ4v) is 5.62. The number of nitrogens with one attached hydrogen (secondary N) is 1. The Morgan fingerprint density at radius 3 is 2.76 bits per heavy atom. The molecule has 2 atom stereocenters. The van der Waals surface area contributed by atoms with Crippen LogP contribution in [0.5, 0.6) is 0 Å². The van der Waals surface area contributed by atoms with Crippen LogP contribution in [0.25, 0.3) is 10.9 Å². The number of hydrogen-bond donors (Lipinski definition) is 1. The SMILES string of the molecule is CC1C=C(N2CCN(Cc3ccc(F)cc3)C2=O)SC1C(=O)NCc1cnc2ccccc2c1. The lowest BCUT2D eigenvalue weighted by Crippen LogP contribution is -2.34. The number of halogens is 1. The summed E-state index contributed by atoms with van der Waals surface area (Å²) in [5.41, 5.74) is 2.76. The monoisotopic (exact) mass is 476 g/mol. The van der Waals surface area contributed by atoms with Gasteiger partial charge in [0.1, 0.15) is 5.82 Å². The molecule has 1 saturated heterocycles. The van der Waals surface area contributed by atoms with Gasteiger partial charge in [0.25, 0.3) is 0 Å². The summed E-state index contributed by atoms with van der Waals surface area (Å²) >= 11 is 1.44. The van der Waals surface area contributed by atoms with E-state index < -0.39 is 0 Å². The second kappa shape index (κ2) is 9.46. The van der Waals surface area contributed by atoms with Crippen molar-refractivity contribution < 1.29 is 14.0 Å². The molecule has 1 aromatic heterocycles. The lowest BCUT2D eigenvalue weighted by Gasteiger charge is -2.20. The number of carbonyl (C=O) groups is 2. The zero-order valence-corrected chi connectivity index (χ0v) is 19.6. The number of thioether (sulfide) groups is 1. The molecule has 2 unspecified atom stereocenters. The number of nitrogens with zero attached hydrogens (tertiary/aromatic N) is 3. The third-order valence-corrected chi connectivity index (χ3v) is 7.65. The highest BCUT2D eigenvalue weighted by Gasteiger charge is 2.38. The van der Waals surface area contributed by atoms with Gasteiger partial charge in [0.05, 0.1) is 15.8 Å². The Hall–Kier alpha value is -3.39. The van der Waals surface area contributed by atoms with Crippen molar-refractivity contribution in [3.63, 3.8) is 0 Å². The quantitative estimate of drug-likeness (QED) is 0.568. The number of hydrogen-bond acceptors (Lipinski definition) is 4. The predicted molar refractivity (Wildman–Crippen MR) is 131 cm³/mol. The summed E-state index contributed by atoms with van der Waals surface area (Å²) in [6, 6.07) is 16.0. The summed E-state index contributed by atoms with van der Waals surface area (Å²) in [7, 11) is 0. The molecule has 2 aliphatic heterocycles. The van der Waals surface area contributed by atoms with Crippen molar-refractivity contribution in [1.82, 2.24) is 20.1 Å². The molecule has 5 rings (SSSR count). The van der Waals surface area contributed by atoms with Gasteiger partial charge in [-0.25, -0.2) is 9.18 Å². The number of fused-ring (bicyclic) bond motifs is 1. The Morgan fingerprint density at radius 2 is 1.94 bits per heavy atom. The van der Waals surface area contributed by atoms with E-state index in [1.54, 1.807) is 28.1 Å². The summed E-state index contributed by atoms with van der Waals surface area (Å²) in [6.45, 7) is 4.01. The average Bonchev–Trinajstić information content (AvgIpc) is 3.41. The van der Waals surface area contributed by atoms with E-state index in [9.17, 15) is 14.0 Å². The number of aromatic nitrogens is 1. The molecule has 1 fully saturated rings. The maximum absolute atomic E-state index is 13.2. The molecule has 3 heterocycles. The van der Waals surface area contributed by atoms with Crippen molar-refractivity contribution in [2.75, 3.05) is 13.1 Å². The molecule has 34 heavy (non-hydrogen) atoms. The van der Waals surface area contributed by atoms with Crippen molar-refractivity contribution in [3.05, 3.63) is 88.8 Å². The van der Waals surface area contributed by atoms with Gasteiger partial charge >= 0.3 is 6.03 Å². The lowest BCUT2D eigenvalue weighted by atomic mass is 10.1. The topological polar surface area (TPSA) is 65.5 Å². The van der Waals surface area contributed by atoms with Crippen LogP contribution in [-0.2, 0) is 17.9 Å². The van der Waals surface area contributed by atoms with Gasteiger partial charge < -0.3 is 10.2 Å². The van der Waals surface area contributed by atoms with Gasteiger partial charge in [-0.1, -0.05) is 49.0 Å². The van der Waals surface area contributed by atoms with Gasteiger partial charge in [0.15, 0.2) is 0 Å². The molecule has 0 bridgehead atoms. The van der Waals surface area contributed by atoms with Crippen LogP contribution in [0.15, 0.2) is 71.9 Å². The number of pyridine rings is 1. The molecular formula is C26H25FN4O2S. The van der Waals surface area contributed by atoms with Crippen molar-refractivity contribution in [3.8, 4) is 0 Å². The second-order valence-electron chi connectivity index (χ2n) is 8.64. The highest BCUT2D eigenvalue weighted by molar-refractivity contribution is 8.04. The number of allylic oxidation sites excluding steroid dienone is 1. The van der Waals surface area contributed by atoms with Crippen molar-refractivity contribution in [2.45, 2.75) is 25.3 Å². The van der Waals surface area contributed by atoms with Crippen LogP contribution in [-0.4, -0.2) is 45.1 Å². The molecule has 3 amide bonds. The summed E-state index contributed by atoms with van der Waals surface area (Å²) in [4.78, 5) is 33.9. The first kappa shape index (κ1) is 22.4. The van der Waals surface area contributed by atoms with E-state index in [0.717, 1.165) is 27.1 Å². The number of rotatable bonds is 6. The zero-order chi connectivity index (χ0) is 23.7. The first-order valence-electron chi connectivity index (χ1n) is 11.3. The molecule has 6 nitrogen and oxygen atoms in total. The molecule has 1 N–H and O–H groups in total. The fraction of sp³-hybridized carbons (Fsp3) is 0.269. The van der Waals surface area contributed by atoms with Crippen LogP contribution >= 0.6 is 11.8 Å². The van der Waals surface area contributed by atoms with Gasteiger partial charge in [-0.2, -0.15) is 0 Å². The van der Waals surface area contributed by atoms with Crippen molar-refractivity contribution in [2.24, 2.45) is 5.92 Å². The summed E-state index contributed by atoms with van der Waals surface area (Å²) < 4.78 is 13.2. The molecule has 2 aliphatic rings. The maximum atomic E-state index is 13.2. The van der Waals surface area contributed by atoms with Crippen molar-refractivity contribution in [1.29, 1.82) is 0 Å². The van der Waals surface area contributed by atoms with Crippen LogP contribution in [0.2, 0.25) is 0 Å². The molecule has 2 aromatic carbocycles. The molecule has 8 heteroatoms. The number of benzene rings is 2. The maximum Gasteiger partial charge on any atom is 0.325 e. The molecule has 0 saturated carbocycles. The number of amides is 3. The van der Waals surface area contributed by atoms with Gasteiger partial charge in [-0.15, -0.1) is 0 Å². The first-order valence-corrected chi connectivity index (χ1v) is 12.2. The Labute approximate surface area is 201 Å². The Balaban J connectivity index is 1.17. The second-order valence-corrected chi connectivity index (χ2v) is 9.80. The fourth-order valence-electron chi connectivity index (χ4n) is 4.28. The summed E-state index contributed by atoms with van der Waals surface area (Å²) in [5, 5.41) is 4.60. The highest BCUT2D eigenvalue weighted by atomic mass is 32.2. The van der Waals surface area contributed by atoms with Crippen LogP contribution in [0.4, 0.5) is 9.18 Å². The standard InChI is InChI=1S/C26H25FN4O2S/c1-17-12-23(31-11-10-30(26(31)33)16-18-6-8-21(27)9-7-18)34-24(17)25(32)29-15-19-13-20-4-2-3-5-22(20)28-14-19/h2-9,12-14,17,24H,10-11,15-16H2,1H3,(H,29,32). The molecule has 0 radical (unpaired) electrons. The molecule has 3 aromatic rings. The smallest absolute Gasteiger partial charge is 0.325 e. The zero-order valence-electron chi connectivity index (χ0n) is 18.8. The lowest BCUT2D eigenvalue weighted by molar-refractivity contribution is -0.121. The highest BCUT2D eigenvalue weighted by Crippen LogP contribution is 2.40. The van der Waals surface area contributed by atoms with E-state index in [0.29, 0.717) is 26.2 Å². The van der Waals surface area contributed by atoms with Gasteiger partial charge in [-0.3, -0.25) is 14.7 Å². The van der Waals surface area contributed by atoms with Crippen LogP contribution in [0.1, 0.15) is 18.1 Å². The van der Waals surface area contributed by atoms with Crippen LogP contribution < -0.4 is 5.32 Å². The average molecular weight is 477 g/mol. The van der Waals surface area contributed by atoms with E-state index in [1.807, 2.05) is 43.3 Å². The third kappa shape index (κ3) is 4.63. The predicted octanol–water partition coefficient (Wildman–Crippen LogP) is 4.52. The largest absolute Gasteiger partial charge is 0.351 e. The first-order chi connectivity index (χ1) is 16.5. The molecule has 0 spiro atoms. The van der Waals surface area contributed by atoms with E-state index in [1.165, 1.54) is 23.9 Å². The summed E-state index contributed by atoms with van der Waals surface area (Å²) in [6.07, 6.45) is 3.79. The normalized spacial score (nSPS) is 20.2. The number of carbonyl (C=O) groups excluding carboxylic acids is 2. The number of para-hydroxylation sites is 1. The third-order valence-electron chi connectivity index (χ3n) is 6.15. The molecular weight excluding hydrogens is 451 g/mol. The van der Waals surface area contributed by atoms with E-state index in [-0.39, 0.29) is 28.9 Å².